The Hall–Kier alpha value is -2.48. The van der Waals surface area contributed by atoms with Crippen LogP contribution in [0.2, 0.25) is 0 Å². The van der Waals surface area contributed by atoms with Crippen molar-refractivity contribution in [3.05, 3.63) is 23.3 Å². The van der Waals surface area contributed by atoms with Crippen molar-refractivity contribution in [2.45, 2.75) is 58.2 Å². The largest absolute Gasteiger partial charge is 0.493 e. The number of carbonyl (C=O) groups excluding carboxylic acids is 2. The van der Waals surface area contributed by atoms with Crippen molar-refractivity contribution in [1.82, 2.24) is 10.2 Å². The van der Waals surface area contributed by atoms with Gasteiger partial charge in [0, 0.05) is 25.2 Å². The molecule has 3 atom stereocenters. The molecule has 1 N–H and O–H groups in total. The fourth-order valence-corrected chi connectivity index (χ4v) is 4.47. The molecule has 172 valence electrons. The van der Waals surface area contributed by atoms with Crippen LogP contribution in [-0.2, 0) is 20.7 Å². The maximum Gasteiger partial charge on any atom is 0.407 e. The predicted molar refractivity (Wildman–Crippen MR) is 115 cm³/mol. The molecule has 1 fully saturated rings. The van der Waals surface area contributed by atoms with Crippen LogP contribution in [0.1, 0.15) is 51.3 Å². The van der Waals surface area contributed by atoms with Crippen molar-refractivity contribution in [1.29, 1.82) is 0 Å². The lowest BCUT2D eigenvalue weighted by Gasteiger charge is -2.46. The molecule has 0 saturated carbocycles. The maximum atomic E-state index is 12.7. The lowest BCUT2D eigenvalue weighted by Crippen LogP contribution is -2.56. The van der Waals surface area contributed by atoms with Crippen molar-refractivity contribution < 1.29 is 28.5 Å². The second-order valence-corrected chi connectivity index (χ2v) is 9.01. The number of methoxy groups -OCH3 is 2. The number of rotatable bonds is 5. The van der Waals surface area contributed by atoms with Crippen molar-refractivity contribution in [2.75, 3.05) is 33.9 Å². The molecule has 3 rings (SSSR count). The number of ether oxygens (including phenoxy) is 4. The van der Waals surface area contributed by atoms with Gasteiger partial charge in [-0.05, 0) is 63.8 Å². The van der Waals surface area contributed by atoms with Gasteiger partial charge in [-0.1, -0.05) is 0 Å². The quantitative estimate of drug-likeness (QED) is 0.713. The first kappa shape index (κ1) is 23.2. The Kier molecular flexibility index (Phi) is 6.99. The third-order valence-corrected chi connectivity index (χ3v) is 5.80. The fourth-order valence-electron chi connectivity index (χ4n) is 4.47. The van der Waals surface area contributed by atoms with Crippen molar-refractivity contribution in [3.63, 3.8) is 0 Å². The molecule has 2 heterocycles. The number of hydrogen-bond donors (Lipinski definition) is 1. The van der Waals surface area contributed by atoms with Gasteiger partial charge in [0.05, 0.1) is 26.7 Å². The second kappa shape index (κ2) is 9.34. The highest BCUT2D eigenvalue weighted by molar-refractivity contribution is 5.76. The minimum atomic E-state index is -0.619. The summed E-state index contributed by atoms with van der Waals surface area (Å²) in [6.45, 7) is 8.87. The van der Waals surface area contributed by atoms with E-state index < -0.39 is 23.7 Å². The van der Waals surface area contributed by atoms with E-state index in [1.807, 2.05) is 32.9 Å². The Morgan fingerprint density at radius 2 is 1.84 bits per heavy atom. The molecule has 8 nitrogen and oxygen atoms in total. The van der Waals surface area contributed by atoms with Crippen LogP contribution < -0.4 is 14.8 Å². The van der Waals surface area contributed by atoms with E-state index in [-0.39, 0.29) is 12.0 Å². The first-order chi connectivity index (χ1) is 14.7. The van der Waals surface area contributed by atoms with Crippen LogP contribution in [0.5, 0.6) is 11.5 Å². The van der Waals surface area contributed by atoms with E-state index in [9.17, 15) is 9.59 Å². The summed E-state index contributed by atoms with van der Waals surface area (Å²) >= 11 is 0. The number of amides is 1. The van der Waals surface area contributed by atoms with Crippen LogP contribution in [0.15, 0.2) is 12.1 Å². The van der Waals surface area contributed by atoms with Gasteiger partial charge in [0.25, 0.3) is 0 Å². The highest BCUT2D eigenvalue weighted by Gasteiger charge is 2.44. The van der Waals surface area contributed by atoms with Crippen LogP contribution in [0.4, 0.5) is 4.79 Å². The summed E-state index contributed by atoms with van der Waals surface area (Å²) < 4.78 is 21.7. The maximum absolute atomic E-state index is 12.7. The number of benzene rings is 1. The van der Waals surface area contributed by atoms with Gasteiger partial charge < -0.3 is 24.3 Å². The summed E-state index contributed by atoms with van der Waals surface area (Å²) in [4.78, 5) is 27.5. The number of nitrogens with one attached hydrogen (secondary N) is 1. The molecule has 1 unspecified atom stereocenters. The second-order valence-electron chi connectivity index (χ2n) is 9.01. The van der Waals surface area contributed by atoms with Crippen LogP contribution in [0.25, 0.3) is 0 Å². The van der Waals surface area contributed by atoms with Gasteiger partial charge in [0.2, 0.25) is 0 Å². The number of fused-ring (bicyclic) bond motifs is 3. The lowest BCUT2D eigenvalue weighted by molar-refractivity contribution is -0.152. The normalized spacial score (nSPS) is 23.2. The topological polar surface area (TPSA) is 86.3 Å². The molecule has 0 aromatic heterocycles. The Morgan fingerprint density at radius 1 is 1.16 bits per heavy atom. The highest BCUT2D eigenvalue weighted by atomic mass is 16.6. The van der Waals surface area contributed by atoms with Gasteiger partial charge in [-0.2, -0.15) is 0 Å². The first-order valence-electron chi connectivity index (χ1n) is 10.8. The summed E-state index contributed by atoms with van der Waals surface area (Å²) in [5.74, 6) is 0.635. The number of nitrogens with zero attached hydrogens (tertiary/aromatic N) is 1. The van der Waals surface area contributed by atoms with Crippen molar-refractivity contribution in [3.8, 4) is 11.5 Å². The van der Waals surface area contributed by atoms with Crippen LogP contribution in [0.3, 0.4) is 0 Å². The molecule has 0 spiro atoms. The molecule has 1 aromatic carbocycles. The van der Waals surface area contributed by atoms with Gasteiger partial charge in [-0.25, -0.2) is 4.79 Å². The summed E-state index contributed by atoms with van der Waals surface area (Å²) in [7, 11) is 3.25. The zero-order valence-corrected chi connectivity index (χ0v) is 19.3. The minimum absolute atomic E-state index is 0.0502. The third kappa shape index (κ3) is 5.23. The average molecular weight is 435 g/mol. The van der Waals surface area contributed by atoms with Gasteiger partial charge in [0.1, 0.15) is 5.60 Å². The van der Waals surface area contributed by atoms with Crippen LogP contribution in [-0.4, -0.2) is 62.5 Å². The lowest BCUT2D eigenvalue weighted by atomic mass is 9.80. The average Bonchev–Trinajstić information content (AvgIpc) is 2.70. The molecule has 2 aliphatic heterocycles. The SMILES string of the molecule is CCOC(=O)C1CN2CCc3cc(OC)c(OC)cc3[C@@H]2C[C@@H]1NC(=O)OC(C)(C)C. The molecule has 0 bridgehead atoms. The first-order valence-corrected chi connectivity index (χ1v) is 10.8. The molecule has 2 aliphatic rings. The van der Waals surface area contributed by atoms with E-state index in [0.29, 0.717) is 31.1 Å². The third-order valence-electron chi connectivity index (χ3n) is 5.80. The van der Waals surface area contributed by atoms with Crippen molar-refractivity contribution in [2.24, 2.45) is 5.92 Å². The van der Waals surface area contributed by atoms with E-state index in [2.05, 4.69) is 10.2 Å². The smallest absolute Gasteiger partial charge is 0.407 e. The Labute approximate surface area is 184 Å². The molecule has 8 heteroatoms. The molecular weight excluding hydrogens is 400 g/mol. The zero-order chi connectivity index (χ0) is 22.8. The predicted octanol–water partition coefficient (Wildman–Crippen LogP) is 3.08. The minimum Gasteiger partial charge on any atom is -0.493 e. The highest BCUT2D eigenvalue weighted by Crippen LogP contribution is 2.43. The van der Waals surface area contributed by atoms with Crippen molar-refractivity contribution >= 4 is 12.1 Å². The van der Waals surface area contributed by atoms with E-state index in [0.717, 1.165) is 18.5 Å². The van der Waals surface area contributed by atoms with Gasteiger partial charge in [0.15, 0.2) is 11.5 Å². The Morgan fingerprint density at radius 3 is 2.45 bits per heavy atom. The zero-order valence-electron chi connectivity index (χ0n) is 19.3. The molecule has 31 heavy (non-hydrogen) atoms. The van der Waals surface area contributed by atoms with Crippen LogP contribution >= 0.6 is 0 Å². The summed E-state index contributed by atoms with van der Waals surface area (Å²) in [6.07, 6.45) is 0.903. The molecule has 1 aromatic rings. The van der Waals surface area contributed by atoms with Gasteiger partial charge in [-0.3, -0.25) is 9.69 Å². The van der Waals surface area contributed by atoms with E-state index in [1.54, 1.807) is 21.1 Å². The summed E-state index contributed by atoms with van der Waals surface area (Å²) in [5.41, 5.74) is 1.72. The van der Waals surface area contributed by atoms with Gasteiger partial charge >= 0.3 is 12.1 Å². The molecule has 0 radical (unpaired) electrons. The molecule has 0 aliphatic carbocycles. The molecule has 1 amide bonds. The number of hydrogen-bond acceptors (Lipinski definition) is 7. The monoisotopic (exact) mass is 434 g/mol. The molecular formula is C23H34N2O6. The van der Waals surface area contributed by atoms with E-state index in [1.165, 1.54) is 5.56 Å². The Balaban J connectivity index is 1.89. The number of piperidine rings is 1. The summed E-state index contributed by atoms with van der Waals surface area (Å²) in [6, 6.07) is 3.70. The number of esters is 1. The summed E-state index contributed by atoms with van der Waals surface area (Å²) in [5, 5.41) is 2.94. The fraction of sp³-hybridized carbons (Fsp3) is 0.652. The Bertz CT molecular complexity index is 819. The number of carbonyl (C=O) groups is 2. The van der Waals surface area contributed by atoms with E-state index >= 15 is 0 Å². The molecule has 1 saturated heterocycles. The standard InChI is InChI=1S/C23H34N2O6/c1-7-30-21(26)16-13-25-9-8-14-10-19(28-5)20(29-6)11-15(14)18(25)12-17(16)24-22(27)31-23(2,3)4/h10-11,16-18H,7-9,12-13H2,1-6H3,(H,24,27)/t16?,17-,18-/m0/s1. The van der Waals surface area contributed by atoms with E-state index in [4.69, 9.17) is 18.9 Å². The van der Waals surface area contributed by atoms with Crippen LogP contribution in [0, 0.1) is 5.92 Å². The number of alkyl carbamates (subject to hydrolysis) is 1. The van der Waals surface area contributed by atoms with Gasteiger partial charge in [-0.15, -0.1) is 0 Å².